The SMILES string of the molecule is COc1ccccc1NC(=O)C1=C(C)NC2=C(C(=O)CC(C)(C)C2)[C@H]1c1cccc(OCc2ccccc2)c1. The first kappa shape index (κ1) is 26.3. The van der Waals surface area contributed by atoms with Gasteiger partial charge in [0.1, 0.15) is 18.1 Å². The molecule has 0 saturated heterocycles. The number of hydrogen-bond donors (Lipinski definition) is 2. The molecule has 3 aromatic rings. The van der Waals surface area contributed by atoms with E-state index in [0.717, 1.165) is 28.9 Å². The van der Waals surface area contributed by atoms with Crippen LogP contribution in [0, 0.1) is 5.41 Å². The normalized spacial score (nSPS) is 18.3. The second kappa shape index (κ2) is 10.8. The maximum Gasteiger partial charge on any atom is 0.254 e. The van der Waals surface area contributed by atoms with Crippen LogP contribution in [0.4, 0.5) is 5.69 Å². The maximum absolute atomic E-state index is 13.9. The number of anilines is 1. The van der Waals surface area contributed by atoms with Gasteiger partial charge in [0.15, 0.2) is 5.78 Å². The van der Waals surface area contributed by atoms with E-state index in [2.05, 4.69) is 24.5 Å². The molecule has 2 N–H and O–H groups in total. The lowest BCUT2D eigenvalue weighted by Gasteiger charge is -2.39. The zero-order valence-corrected chi connectivity index (χ0v) is 22.8. The summed E-state index contributed by atoms with van der Waals surface area (Å²) in [5.41, 5.74) is 5.10. The van der Waals surface area contributed by atoms with Crippen molar-refractivity contribution < 1.29 is 19.1 Å². The van der Waals surface area contributed by atoms with E-state index >= 15 is 0 Å². The Morgan fingerprint density at radius 1 is 1.00 bits per heavy atom. The Morgan fingerprint density at radius 2 is 1.74 bits per heavy atom. The number of benzene rings is 3. The minimum atomic E-state index is -0.528. The highest BCUT2D eigenvalue weighted by atomic mass is 16.5. The topological polar surface area (TPSA) is 76.7 Å². The van der Waals surface area contributed by atoms with E-state index in [9.17, 15) is 9.59 Å². The van der Waals surface area contributed by atoms with Crippen molar-refractivity contribution in [2.45, 2.75) is 46.1 Å². The third-order valence-electron chi connectivity index (χ3n) is 7.28. The molecule has 2 aliphatic rings. The minimum Gasteiger partial charge on any atom is -0.495 e. The number of ether oxygens (including phenoxy) is 2. The lowest BCUT2D eigenvalue weighted by molar-refractivity contribution is -0.118. The smallest absolute Gasteiger partial charge is 0.254 e. The van der Waals surface area contributed by atoms with Crippen LogP contribution in [-0.4, -0.2) is 18.8 Å². The molecule has 6 heteroatoms. The minimum absolute atomic E-state index is 0.0597. The number of nitrogens with one attached hydrogen (secondary N) is 2. The lowest BCUT2D eigenvalue weighted by Crippen LogP contribution is -2.39. The lowest BCUT2D eigenvalue weighted by atomic mass is 9.68. The third kappa shape index (κ3) is 5.60. The van der Waals surface area contributed by atoms with Crippen molar-refractivity contribution in [1.82, 2.24) is 5.32 Å². The molecule has 200 valence electrons. The van der Waals surface area contributed by atoms with Gasteiger partial charge >= 0.3 is 0 Å². The van der Waals surface area contributed by atoms with Crippen LogP contribution in [0.25, 0.3) is 0 Å². The molecule has 0 aromatic heterocycles. The quantitative estimate of drug-likeness (QED) is 0.370. The summed E-state index contributed by atoms with van der Waals surface area (Å²) in [7, 11) is 1.57. The molecular formula is C33H34N2O4. The highest BCUT2D eigenvalue weighted by Gasteiger charge is 2.42. The van der Waals surface area contributed by atoms with Crippen molar-refractivity contribution in [1.29, 1.82) is 0 Å². The van der Waals surface area contributed by atoms with Gasteiger partial charge in [0.05, 0.1) is 12.8 Å². The van der Waals surface area contributed by atoms with Crippen LogP contribution in [0.1, 0.15) is 50.7 Å². The molecule has 1 amide bonds. The van der Waals surface area contributed by atoms with Crippen molar-refractivity contribution in [3.05, 3.63) is 113 Å². The maximum atomic E-state index is 13.9. The fourth-order valence-corrected chi connectivity index (χ4v) is 5.53. The molecular weight excluding hydrogens is 488 g/mol. The Hall–Kier alpha value is -4.32. The first-order chi connectivity index (χ1) is 18.8. The highest BCUT2D eigenvalue weighted by molar-refractivity contribution is 6.10. The summed E-state index contributed by atoms with van der Waals surface area (Å²) in [5.74, 6) is 0.498. The molecule has 1 heterocycles. The second-order valence-corrected chi connectivity index (χ2v) is 10.9. The number of methoxy groups -OCH3 is 1. The van der Waals surface area contributed by atoms with Crippen molar-refractivity contribution in [3.63, 3.8) is 0 Å². The number of Topliss-reactive ketones (excluding diaryl/α,β-unsaturated/α-hetero) is 1. The molecule has 1 aliphatic carbocycles. The molecule has 1 aliphatic heterocycles. The van der Waals surface area contributed by atoms with Crippen molar-refractivity contribution >= 4 is 17.4 Å². The Bertz CT molecular complexity index is 1470. The van der Waals surface area contributed by atoms with E-state index in [-0.39, 0.29) is 17.1 Å². The summed E-state index contributed by atoms with van der Waals surface area (Å²) in [5, 5.41) is 6.45. The summed E-state index contributed by atoms with van der Waals surface area (Å²) in [6.07, 6.45) is 1.15. The predicted octanol–water partition coefficient (Wildman–Crippen LogP) is 6.52. The van der Waals surface area contributed by atoms with Crippen molar-refractivity contribution in [2.24, 2.45) is 5.41 Å². The summed E-state index contributed by atoms with van der Waals surface area (Å²) in [6, 6.07) is 25.0. The number of hydrogen-bond acceptors (Lipinski definition) is 5. The molecule has 1 atom stereocenters. The molecule has 6 nitrogen and oxygen atoms in total. The highest BCUT2D eigenvalue weighted by Crippen LogP contribution is 2.47. The van der Waals surface area contributed by atoms with Crippen molar-refractivity contribution in [2.75, 3.05) is 12.4 Å². The Morgan fingerprint density at radius 3 is 2.51 bits per heavy atom. The number of carbonyl (C=O) groups is 2. The van der Waals surface area contributed by atoms with Crippen LogP contribution in [0.15, 0.2) is 101 Å². The average molecular weight is 523 g/mol. The van der Waals surface area contributed by atoms with Crippen molar-refractivity contribution in [3.8, 4) is 11.5 Å². The third-order valence-corrected chi connectivity index (χ3v) is 7.28. The fraction of sp³-hybridized carbons (Fsp3) is 0.273. The predicted molar refractivity (Wildman–Crippen MR) is 152 cm³/mol. The van der Waals surface area contributed by atoms with Gasteiger partial charge in [-0.1, -0.05) is 68.4 Å². The van der Waals surface area contributed by atoms with Crippen LogP contribution in [-0.2, 0) is 16.2 Å². The molecule has 0 fully saturated rings. The van der Waals surface area contributed by atoms with Gasteiger partial charge in [-0.25, -0.2) is 0 Å². The summed E-state index contributed by atoms with van der Waals surface area (Å²) >= 11 is 0. The van der Waals surface area contributed by atoms with Crippen LogP contribution < -0.4 is 20.1 Å². The summed E-state index contributed by atoms with van der Waals surface area (Å²) < 4.78 is 11.6. The number of ketones is 1. The number of allylic oxidation sites excluding steroid dienone is 3. The first-order valence-corrected chi connectivity index (χ1v) is 13.2. The van der Waals surface area contributed by atoms with Gasteiger partial charge in [0, 0.05) is 34.9 Å². The van der Waals surface area contributed by atoms with Crippen LogP contribution >= 0.6 is 0 Å². The largest absolute Gasteiger partial charge is 0.495 e. The molecule has 39 heavy (non-hydrogen) atoms. The van der Waals surface area contributed by atoms with Crippen LogP contribution in [0.2, 0.25) is 0 Å². The van der Waals surface area contributed by atoms with Gasteiger partial charge in [0.25, 0.3) is 5.91 Å². The molecule has 0 bridgehead atoms. The Balaban J connectivity index is 1.54. The molecule has 3 aromatic carbocycles. The van der Waals surface area contributed by atoms with Gasteiger partial charge in [0.2, 0.25) is 0 Å². The van der Waals surface area contributed by atoms with E-state index in [4.69, 9.17) is 9.47 Å². The number of carbonyl (C=O) groups excluding carboxylic acids is 2. The first-order valence-electron chi connectivity index (χ1n) is 13.2. The molecule has 5 rings (SSSR count). The average Bonchev–Trinajstić information content (AvgIpc) is 2.91. The van der Waals surface area contributed by atoms with E-state index in [0.29, 0.717) is 41.4 Å². The molecule has 0 unspecified atom stereocenters. The second-order valence-electron chi connectivity index (χ2n) is 10.9. The zero-order valence-electron chi connectivity index (χ0n) is 22.8. The van der Waals surface area contributed by atoms with E-state index in [1.54, 1.807) is 19.2 Å². The molecule has 0 saturated carbocycles. The summed E-state index contributed by atoms with van der Waals surface area (Å²) in [4.78, 5) is 27.6. The van der Waals surface area contributed by atoms with E-state index in [1.165, 1.54) is 0 Å². The monoisotopic (exact) mass is 522 g/mol. The van der Waals surface area contributed by atoms with Crippen LogP contribution in [0.3, 0.4) is 0 Å². The van der Waals surface area contributed by atoms with Gasteiger partial charge in [-0.2, -0.15) is 0 Å². The number of rotatable bonds is 7. The van der Waals surface area contributed by atoms with Gasteiger partial charge in [-0.3, -0.25) is 9.59 Å². The Kier molecular flexibility index (Phi) is 7.29. The number of dihydropyridines is 1. The van der Waals surface area contributed by atoms with Gasteiger partial charge in [-0.15, -0.1) is 0 Å². The fourth-order valence-electron chi connectivity index (χ4n) is 5.53. The van der Waals surface area contributed by atoms with Gasteiger partial charge in [-0.05, 0) is 54.2 Å². The zero-order chi connectivity index (χ0) is 27.6. The molecule has 0 spiro atoms. The van der Waals surface area contributed by atoms with E-state index in [1.807, 2.05) is 73.7 Å². The Labute approximate surface area is 229 Å². The summed E-state index contributed by atoms with van der Waals surface area (Å²) in [6.45, 7) is 6.53. The van der Waals surface area contributed by atoms with E-state index < -0.39 is 5.92 Å². The van der Waals surface area contributed by atoms with Gasteiger partial charge < -0.3 is 20.1 Å². The number of amides is 1. The standard InChI is InChI=1S/C33H34N2O4/c1-21-29(32(37)35-25-15-8-9-16-28(25)38-4)30(31-26(34-21)18-33(2,3)19-27(31)36)23-13-10-14-24(17-23)39-20-22-11-6-5-7-12-22/h5-17,30,34H,18-20H2,1-4H3,(H,35,37)/t30-/m0/s1. The molecule has 0 radical (unpaired) electrons. The number of para-hydroxylation sites is 2. The van der Waals surface area contributed by atoms with Crippen LogP contribution in [0.5, 0.6) is 11.5 Å².